The molecule has 3 aromatic rings. The number of rotatable bonds is 5. The van der Waals surface area contributed by atoms with Crippen molar-refractivity contribution < 1.29 is 18.8 Å². The highest BCUT2D eigenvalue weighted by Crippen LogP contribution is 2.24. The van der Waals surface area contributed by atoms with Crippen LogP contribution in [0.4, 0.5) is 0 Å². The second-order valence-electron chi connectivity index (χ2n) is 4.94. The van der Waals surface area contributed by atoms with Gasteiger partial charge in [0.2, 0.25) is 5.82 Å². The zero-order chi connectivity index (χ0) is 17.8. The third kappa shape index (κ3) is 4.18. The highest BCUT2D eigenvalue weighted by molar-refractivity contribution is 9.10. The lowest BCUT2D eigenvalue weighted by Crippen LogP contribution is -2.07. The summed E-state index contributed by atoms with van der Waals surface area (Å²) in [5.41, 5.74) is 1.02. The SMILES string of the molecule is COc1ccc(Cl)cc1C(=O)OCc1nc(-c2ccc(Br)cc2)no1. The Labute approximate surface area is 156 Å². The standard InChI is InChI=1S/C17H12BrClN2O4/c1-23-14-7-6-12(19)8-13(14)17(22)24-9-15-20-16(21-25-15)10-2-4-11(18)5-3-10/h2-8H,9H2,1H3. The van der Waals surface area contributed by atoms with Crippen LogP contribution in [0.15, 0.2) is 51.5 Å². The minimum Gasteiger partial charge on any atom is -0.496 e. The summed E-state index contributed by atoms with van der Waals surface area (Å²) in [6, 6.07) is 12.1. The molecule has 0 unspecified atom stereocenters. The van der Waals surface area contributed by atoms with Crippen molar-refractivity contribution in [3.05, 3.63) is 63.4 Å². The predicted octanol–water partition coefficient (Wildman–Crippen LogP) is 4.52. The number of aromatic nitrogens is 2. The van der Waals surface area contributed by atoms with Gasteiger partial charge in [-0.2, -0.15) is 4.98 Å². The minimum atomic E-state index is -0.595. The minimum absolute atomic E-state index is 0.155. The zero-order valence-corrected chi connectivity index (χ0v) is 15.4. The highest BCUT2D eigenvalue weighted by atomic mass is 79.9. The highest BCUT2D eigenvalue weighted by Gasteiger charge is 2.16. The fourth-order valence-corrected chi connectivity index (χ4v) is 2.51. The number of carbonyl (C=O) groups is 1. The van der Waals surface area contributed by atoms with Gasteiger partial charge in [-0.25, -0.2) is 4.79 Å². The van der Waals surface area contributed by atoms with E-state index >= 15 is 0 Å². The molecule has 6 nitrogen and oxygen atoms in total. The summed E-state index contributed by atoms with van der Waals surface area (Å²) in [7, 11) is 1.46. The van der Waals surface area contributed by atoms with Gasteiger partial charge >= 0.3 is 5.97 Å². The number of esters is 1. The summed E-state index contributed by atoms with van der Waals surface area (Å²) in [4.78, 5) is 16.4. The zero-order valence-electron chi connectivity index (χ0n) is 13.0. The lowest BCUT2D eigenvalue weighted by atomic mass is 10.2. The van der Waals surface area contributed by atoms with E-state index in [-0.39, 0.29) is 18.1 Å². The Balaban J connectivity index is 1.69. The average molecular weight is 424 g/mol. The number of nitrogens with zero attached hydrogens (tertiary/aromatic N) is 2. The van der Waals surface area contributed by atoms with Gasteiger partial charge in [0.25, 0.3) is 5.89 Å². The molecule has 128 valence electrons. The Morgan fingerprint density at radius 1 is 1.24 bits per heavy atom. The summed E-state index contributed by atoms with van der Waals surface area (Å²) < 4.78 is 16.4. The van der Waals surface area contributed by atoms with Crippen molar-refractivity contribution in [1.82, 2.24) is 10.1 Å². The molecule has 0 aliphatic rings. The van der Waals surface area contributed by atoms with Crippen LogP contribution >= 0.6 is 27.5 Å². The molecule has 1 aromatic heterocycles. The summed E-state index contributed by atoms with van der Waals surface area (Å²) in [6.07, 6.45) is 0. The fourth-order valence-electron chi connectivity index (χ4n) is 2.07. The largest absolute Gasteiger partial charge is 0.496 e. The maximum atomic E-state index is 12.2. The van der Waals surface area contributed by atoms with Crippen molar-refractivity contribution in [3.8, 4) is 17.1 Å². The molecule has 0 saturated heterocycles. The van der Waals surface area contributed by atoms with Crippen LogP contribution in [0.3, 0.4) is 0 Å². The van der Waals surface area contributed by atoms with Gasteiger partial charge in [0.15, 0.2) is 6.61 Å². The Bertz CT molecular complexity index is 896. The Morgan fingerprint density at radius 3 is 2.72 bits per heavy atom. The molecular weight excluding hydrogens is 412 g/mol. The first-order chi connectivity index (χ1) is 12.1. The number of hydrogen-bond donors (Lipinski definition) is 0. The Kier molecular flexibility index (Phi) is 5.35. The predicted molar refractivity (Wildman–Crippen MR) is 94.6 cm³/mol. The molecule has 1 heterocycles. The average Bonchev–Trinajstić information content (AvgIpc) is 3.09. The van der Waals surface area contributed by atoms with E-state index in [0.717, 1.165) is 10.0 Å². The first-order valence-electron chi connectivity index (χ1n) is 7.16. The van der Waals surface area contributed by atoms with E-state index in [1.165, 1.54) is 13.2 Å². The van der Waals surface area contributed by atoms with Crippen LogP contribution in [0.25, 0.3) is 11.4 Å². The Morgan fingerprint density at radius 2 is 2.00 bits per heavy atom. The molecule has 0 aliphatic carbocycles. The van der Waals surface area contributed by atoms with Crippen LogP contribution in [-0.2, 0) is 11.3 Å². The van der Waals surface area contributed by atoms with Crippen molar-refractivity contribution in [3.63, 3.8) is 0 Å². The van der Waals surface area contributed by atoms with Crippen LogP contribution in [-0.4, -0.2) is 23.2 Å². The van der Waals surface area contributed by atoms with Gasteiger partial charge in [-0.3, -0.25) is 0 Å². The molecule has 0 spiro atoms. The van der Waals surface area contributed by atoms with Crippen LogP contribution in [0, 0.1) is 0 Å². The summed E-state index contributed by atoms with van der Waals surface area (Å²) in [6.45, 7) is -0.155. The molecule has 0 saturated carbocycles. The summed E-state index contributed by atoms with van der Waals surface area (Å²) in [5.74, 6) is 0.379. The van der Waals surface area contributed by atoms with E-state index < -0.39 is 5.97 Å². The van der Waals surface area contributed by atoms with Crippen molar-refractivity contribution in [1.29, 1.82) is 0 Å². The van der Waals surface area contributed by atoms with Gasteiger partial charge in [0.1, 0.15) is 11.3 Å². The molecule has 0 atom stereocenters. The van der Waals surface area contributed by atoms with E-state index in [2.05, 4.69) is 26.1 Å². The van der Waals surface area contributed by atoms with Crippen molar-refractivity contribution in [2.24, 2.45) is 0 Å². The van der Waals surface area contributed by atoms with Gasteiger partial charge in [0.05, 0.1) is 7.11 Å². The van der Waals surface area contributed by atoms with Gasteiger partial charge in [-0.1, -0.05) is 32.7 Å². The first-order valence-corrected chi connectivity index (χ1v) is 8.33. The van der Waals surface area contributed by atoms with Crippen molar-refractivity contribution in [2.75, 3.05) is 7.11 Å². The fraction of sp³-hybridized carbons (Fsp3) is 0.118. The lowest BCUT2D eigenvalue weighted by molar-refractivity contribution is 0.0426. The van der Waals surface area contributed by atoms with Crippen molar-refractivity contribution >= 4 is 33.5 Å². The first kappa shape index (κ1) is 17.4. The molecular formula is C17H12BrClN2O4. The molecule has 0 radical (unpaired) electrons. The smallest absolute Gasteiger partial charge is 0.342 e. The topological polar surface area (TPSA) is 74.5 Å². The number of methoxy groups -OCH3 is 1. The summed E-state index contributed by atoms with van der Waals surface area (Å²) in [5, 5.41) is 4.28. The third-order valence-corrected chi connectivity index (χ3v) is 4.04. The number of ether oxygens (including phenoxy) is 2. The van der Waals surface area contributed by atoms with E-state index in [1.54, 1.807) is 12.1 Å². The molecule has 0 N–H and O–H groups in total. The van der Waals surface area contributed by atoms with Gasteiger partial charge < -0.3 is 14.0 Å². The second-order valence-corrected chi connectivity index (χ2v) is 6.29. The number of halogens is 2. The maximum Gasteiger partial charge on any atom is 0.342 e. The Hall–Kier alpha value is -2.38. The molecule has 3 rings (SSSR count). The molecule has 0 bridgehead atoms. The van der Waals surface area contributed by atoms with Gasteiger partial charge in [-0.15, -0.1) is 0 Å². The number of carbonyl (C=O) groups excluding carboxylic acids is 1. The van der Waals surface area contributed by atoms with E-state index in [0.29, 0.717) is 16.6 Å². The maximum absolute atomic E-state index is 12.2. The molecule has 0 fully saturated rings. The summed E-state index contributed by atoms with van der Waals surface area (Å²) >= 11 is 9.27. The van der Waals surface area contributed by atoms with Crippen LogP contribution < -0.4 is 4.74 Å². The molecule has 2 aromatic carbocycles. The number of benzene rings is 2. The quantitative estimate of drug-likeness (QED) is 0.562. The van der Waals surface area contributed by atoms with Crippen molar-refractivity contribution in [2.45, 2.75) is 6.61 Å². The molecule has 0 aliphatic heterocycles. The van der Waals surface area contributed by atoms with Crippen LogP contribution in [0.5, 0.6) is 5.75 Å². The third-order valence-electron chi connectivity index (χ3n) is 3.28. The van der Waals surface area contributed by atoms with E-state index in [9.17, 15) is 4.79 Å². The van der Waals surface area contributed by atoms with E-state index in [4.69, 9.17) is 25.6 Å². The normalized spacial score (nSPS) is 10.5. The van der Waals surface area contributed by atoms with Gasteiger partial charge in [-0.05, 0) is 42.5 Å². The molecule has 25 heavy (non-hydrogen) atoms. The number of hydrogen-bond acceptors (Lipinski definition) is 6. The monoisotopic (exact) mass is 422 g/mol. The second kappa shape index (κ2) is 7.67. The van der Waals surface area contributed by atoms with Crippen LogP contribution in [0.2, 0.25) is 5.02 Å². The van der Waals surface area contributed by atoms with E-state index in [1.807, 2.05) is 24.3 Å². The van der Waals surface area contributed by atoms with Gasteiger partial charge in [0, 0.05) is 15.1 Å². The molecule has 8 heteroatoms. The lowest BCUT2D eigenvalue weighted by Gasteiger charge is -2.07. The molecule has 0 amide bonds. The van der Waals surface area contributed by atoms with Crippen LogP contribution in [0.1, 0.15) is 16.2 Å².